The third kappa shape index (κ3) is 6.11. The molecule has 0 aliphatic rings. The van der Waals surface area contributed by atoms with Gasteiger partial charge >= 0.3 is 0 Å². The van der Waals surface area contributed by atoms with Crippen molar-refractivity contribution in [2.24, 2.45) is 11.8 Å². The van der Waals surface area contributed by atoms with Gasteiger partial charge in [-0.1, -0.05) is 13.8 Å². The first-order valence-electron chi connectivity index (χ1n) is 5.16. The molecule has 0 heterocycles. The summed E-state index contributed by atoms with van der Waals surface area (Å²) < 4.78 is 10.2. The SMILES string of the molecule is COCCOCCC(C(C)=O)C(C)C. The third-order valence-corrected chi connectivity index (χ3v) is 2.33. The average Bonchev–Trinajstić information content (AvgIpc) is 2.09. The van der Waals surface area contributed by atoms with Gasteiger partial charge in [0.2, 0.25) is 0 Å². The van der Waals surface area contributed by atoms with Crippen molar-refractivity contribution in [2.75, 3.05) is 26.9 Å². The molecule has 0 aliphatic carbocycles. The molecular weight excluding hydrogens is 180 g/mol. The minimum absolute atomic E-state index is 0.137. The molecule has 0 aliphatic heterocycles. The van der Waals surface area contributed by atoms with Crippen LogP contribution in [-0.2, 0) is 14.3 Å². The number of ketones is 1. The van der Waals surface area contributed by atoms with Crippen molar-refractivity contribution < 1.29 is 14.3 Å². The number of hydrogen-bond donors (Lipinski definition) is 0. The molecule has 0 aromatic carbocycles. The minimum Gasteiger partial charge on any atom is -0.382 e. The zero-order chi connectivity index (χ0) is 11.0. The quantitative estimate of drug-likeness (QED) is 0.564. The molecule has 1 atom stereocenters. The van der Waals surface area contributed by atoms with Crippen LogP contribution in [0.15, 0.2) is 0 Å². The summed E-state index contributed by atoms with van der Waals surface area (Å²) in [7, 11) is 1.65. The van der Waals surface area contributed by atoms with E-state index in [1.54, 1.807) is 14.0 Å². The van der Waals surface area contributed by atoms with Crippen molar-refractivity contribution in [3.8, 4) is 0 Å². The summed E-state index contributed by atoms with van der Waals surface area (Å²) in [6, 6.07) is 0. The van der Waals surface area contributed by atoms with E-state index in [4.69, 9.17) is 9.47 Å². The second kappa shape index (κ2) is 7.94. The van der Waals surface area contributed by atoms with Crippen LogP contribution in [0.2, 0.25) is 0 Å². The summed E-state index contributed by atoms with van der Waals surface area (Å²) in [5.74, 6) is 0.798. The van der Waals surface area contributed by atoms with E-state index < -0.39 is 0 Å². The Kier molecular flexibility index (Phi) is 7.71. The first kappa shape index (κ1) is 13.6. The summed E-state index contributed by atoms with van der Waals surface area (Å²) >= 11 is 0. The lowest BCUT2D eigenvalue weighted by Gasteiger charge is -2.17. The number of hydrogen-bond acceptors (Lipinski definition) is 3. The highest BCUT2D eigenvalue weighted by Crippen LogP contribution is 2.16. The topological polar surface area (TPSA) is 35.5 Å². The Labute approximate surface area is 86.8 Å². The number of rotatable bonds is 8. The van der Waals surface area contributed by atoms with Crippen molar-refractivity contribution in [1.29, 1.82) is 0 Å². The lowest BCUT2D eigenvalue weighted by Crippen LogP contribution is -2.20. The molecule has 14 heavy (non-hydrogen) atoms. The number of ether oxygens (including phenoxy) is 2. The van der Waals surface area contributed by atoms with Crippen molar-refractivity contribution in [2.45, 2.75) is 27.2 Å². The normalized spacial score (nSPS) is 13.2. The van der Waals surface area contributed by atoms with Crippen LogP contribution in [-0.4, -0.2) is 32.7 Å². The fourth-order valence-corrected chi connectivity index (χ4v) is 1.46. The zero-order valence-electron chi connectivity index (χ0n) is 9.71. The van der Waals surface area contributed by atoms with Crippen LogP contribution >= 0.6 is 0 Å². The zero-order valence-corrected chi connectivity index (χ0v) is 9.71. The van der Waals surface area contributed by atoms with E-state index in [9.17, 15) is 4.79 Å². The molecule has 0 saturated heterocycles. The van der Waals surface area contributed by atoms with E-state index in [0.29, 0.717) is 25.7 Å². The Morgan fingerprint density at radius 1 is 1.21 bits per heavy atom. The van der Waals surface area contributed by atoms with Gasteiger partial charge in [-0.2, -0.15) is 0 Å². The predicted octanol–water partition coefficient (Wildman–Crippen LogP) is 1.90. The lowest BCUT2D eigenvalue weighted by molar-refractivity contribution is -0.122. The van der Waals surface area contributed by atoms with Gasteiger partial charge in [0, 0.05) is 19.6 Å². The summed E-state index contributed by atoms with van der Waals surface area (Å²) in [4.78, 5) is 11.2. The highest BCUT2D eigenvalue weighted by atomic mass is 16.5. The smallest absolute Gasteiger partial charge is 0.133 e. The van der Waals surface area contributed by atoms with E-state index >= 15 is 0 Å². The summed E-state index contributed by atoms with van der Waals surface area (Å²) in [5.41, 5.74) is 0. The number of methoxy groups -OCH3 is 1. The Morgan fingerprint density at radius 3 is 2.29 bits per heavy atom. The van der Waals surface area contributed by atoms with Crippen LogP contribution in [0.4, 0.5) is 0 Å². The van der Waals surface area contributed by atoms with Crippen molar-refractivity contribution in [1.82, 2.24) is 0 Å². The number of Topliss-reactive ketones (excluding diaryl/α,β-unsaturated/α-hetero) is 1. The van der Waals surface area contributed by atoms with Gasteiger partial charge in [0.25, 0.3) is 0 Å². The van der Waals surface area contributed by atoms with Gasteiger partial charge in [-0.3, -0.25) is 4.79 Å². The Bertz CT molecular complexity index is 155. The fraction of sp³-hybridized carbons (Fsp3) is 0.909. The molecule has 3 heteroatoms. The van der Waals surface area contributed by atoms with E-state index in [0.717, 1.165) is 6.42 Å². The lowest BCUT2D eigenvalue weighted by atomic mass is 9.89. The molecule has 0 amide bonds. The van der Waals surface area contributed by atoms with Gasteiger partial charge in [0.05, 0.1) is 13.2 Å². The molecule has 1 unspecified atom stereocenters. The molecular formula is C11H22O3. The van der Waals surface area contributed by atoms with Crippen LogP contribution < -0.4 is 0 Å². The fourth-order valence-electron chi connectivity index (χ4n) is 1.46. The highest BCUT2D eigenvalue weighted by Gasteiger charge is 2.17. The van der Waals surface area contributed by atoms with Crippen molar-refractivity contribution in [3.05, 3.63) is 0 Å². The summed E-state index contributed by atoms with van der Waals surface area (Å²) in [5, 5.41) is 0. The summed E-state index contributed by atoms with van der Waals surface area (Å²) in [6.45, 7) is 7.67. The molecule has 0 saturated carbocycles. The van der Waals surface area contributed by atoms with E-state index in [1.807, 2.05) is 0 Å². The first-order chi connectivity index (χ1) is 6.59. The molecule has 0 radical (unpaired) electrons. The van der Waals surface area contributed by atoms with Crippen LogP contribution in [0, 0.1) is 11.8 Å². The second-order valence-electron chi connectivity index (χ2n) is 3.86. The largest absolute Gasteiger partial charge is 0.382 e. The van der Waals surface area contributed by atoms with Crippen molar-refractivity contribution in [3.63, 3.8) is 0 Å². The molecule has 84 valence electrons. The monoisotopic (exact) mass is 202 g/mol. The van der Waals surface area contributed by atoms with E-state index in [1.165, 1.54) is 0 Å². The molecule has 0 N–H and O–H groups in total. The average molecular weight is 202 g/mol. The van der Waals surface area contributed by atoms with E-state index in [2.05, 4.69) is 13.8 Å². The maximum absolute atomic E-state index is 11.2. The van der Waals surface area contributed by atoms with Gasteiger partial charge in [-0.25, -0.2) is 0 Å². The second-order valence-corrected chi connectivity index (χ2v) is 3.86. The minimum atomic E-state index is 0.137. The molecule has 0 aromatic heterocycles. The van der Waals surface area contributed by atoms with Gasteiger partial charge in [0.15, 0.2) is 0 Å². The standard InChI is InChI=1S/C11H22O3/c1-9(2)11(10(3)12)5-6-14-8-7-13-4/h9,11H,5-8H2,1-4H3. The Hall–Kier alpha value is -0.410. The number of carbonyl (C=O) groups excluding carboxylic acids is 1. The molecule has 0 bridgehead atoms. The molecule has 0 aromatic rings. The third-order valence-electron chi connectivity index (χ3n) is 2.33. The van der Waals surface area contributed by atoms with Gasteiger partial charge in [-0.15, -0.1) is 0 Å². The Morgan fingerprint density at radius 2 is 1.86 bits per heavy atom. The molecule has 3 nitrogen and oxygen atoms in total. The van der Waals surface area contributed by atoms with Crippen LogP contribution in [0.3, 0.4) is 0 Å². The number of carbonyl (C=O) groups is 1. The molecule has 0 rings (SSSR count). The van der Waals surface area contributed by atoms with Crippen molar-refractivity contribution >= 4 is 5.78 Å². The maximum atomic E-state index is 11.2. The van der Waals surface area contributed by atoms with Crippen LogP contribution in [0.5, 0.6) is 0 Å². The summed E-state index contributed by atoms with van der Waals surface area (Å²) in [6.07, 6.45) is 0.816. The maximum Gasteiger partial charge on any atom is 0.133 e. The molecule has 0 spiro atoms. The Balaban J connectivity index is 3.57. The van der Waals surface area contributed by atoms with Gasteiger partial charge < -0.3 is 9.47 Å². The van der Waals surface area contributed by atoms with E-state index in [-0.39, 0.29) is 11.7 Å². The first-order valence-corrected chi connectivity index (χ1v) is 5.16. The van der Waals surface area contributed by atoms with Gasteiger partial charge in [-0.05, 0) is 19.3 Å². The van der Waals surface area contributed by atoms with Crippen LogP contribution in [0.25, 0.3) is 0 Å². The van der Waals surface area contributed by atoms with Gasteiger partial charge in [0.1, 0.15) is 5.78 Å². The highest BCUT2D eigenvalue weighted by molar-refractivity contribution is 5.78. The predicted molar refractivity (Wildman–Crippen MR) is 56.3 cm³/mol. The molecule has 0 fully saturated rings. The van der Waals surface area contributed by atoms with Crippen LogP contribution in [0.1, 0.15) is 27.2 Å².